The third kappa shape index (κ3) is 7.93. The molecule has 1 aromatic heterocycles. The molecule has 1 heterocycles. The zero-order valence-corrected chi connectivity index (χ0v) is 18.9. The first kappa shape index (κ1) is 23.7. The molecule has 33 heavy (non-hydrogen) atoms. The van der Waals surface area contributed by atoms with E-state index in [0.717, 1.165) is 12.8 Å². The van der Waals surface area contributed by atoms with Gasteiger partial charge in [0, 0.05) is 40.5 Å². The van der Waals surface area contributed by atoms with Gasteiger partial charge in [0.15, 0.2) is 0 Å². The SMILES string of the molecule is C=CCNC(=O)Nc1ccc(NC(=O)c2cccc(NC(=O)CCCc3cccs3)c2)cc1. The first-order valence-corrected chi connectivity index (χ1v) is 11.4. The normalized spacial score (nSPS) is 10.2. The predicted octanol–water partition coefficient (Wildman–Crippen LogP) is 5.27. The van der Waals surface area contributed by atoms with Gasteiger partial charge < -0.3 is 21.3 Å². The average molecular weight is 463 g/mol. The van der Waals surface area contributed by atoms with Gasteiger partial charge in [0.25, 0.3) is 5.91 Å². The first-order valence-electron chi connectivity index (χ1n) is 10.5. The summed E-state index contributed by atoms with van der Waals surface area (Å²) in [5.41, 5.74) is 2.18. The second-order valence-electron chi connectivity index (χ2n) is 7.22. The summed E-state index contributed by atoms with van der Waals surface area (Å²) in [6.07, 6.45) is 3.65. The van der Waals surface area contributed by atoms with Gasteiger partial charge in [-0.3, -0.25) is 9.59 Å². The third-order valence-electron chi connectivity index (χ3n) is 4.62. The lowest BCUT2D eigenvalue weighted by Gasteiger charge is -2.10. The molecule has 7 nitrogen and oxygen atoms in total. The van der Waals surface area contributed by atoms with E-state index in [1.54, 1.807) is 65.9 Å². The summed E-state index contributed by atoms with van der Waals surface area (Å²) in [6, 6.07) is 17.3. The number of carbonyl (C=O) groups excluding carboxylic acids is 3. The smallest absolute Gasteiger partial charge is 0.319 e. The maximum absolute atomic E-state index is 12.6. The van der Waals surface area contributed by atoms with Crippen LogP contribution in [0.4, 0.5) is 21.9 Å². The minimum Gasteiger partial charge on any atom is -0.334 e. The van der Waals surface area contributed by atoms with Gasteiger partial charge in [0.1, 0.15) is 0 Å². The number of aryl methyl sites for hydroxylation is 1. The van der Waals surface area contributed by atoms with Crippen LogP contribution in [-0.2, 0) is 11.2 Å². The Balaban J connectivity index is 1.49. The van der Waals surface area contributed by atoms with Crippen LogP contribution in [0.5, 0.6) is 0 Å². The quantitative estimate of drug-likeness (QED) is 0.309. The van der Waals surface area contributed by atoms with Gasteiger partial charge in [-0.15, -0.1) is 17.9 Å². The number of hydrogen-bond donors (Lipinski definition) is 4. The van der Waals surface area contributed by atoms with Crippen molar-refractivity contribution in [3.63, 3.8) is 0 Å². The molecular weight excluding hydrogens is 436 g/mol. The summed E-state index contributed by atoms with van der Waals surface area (Å²) in [5, 5.41) is 13.0. The monoisotopic (exact) mass is 462 g/mol. The number of nitrogens with one attached hydrogen (secondary N) is 4. The number of carbonyl (C=O) groups is 3. The van der Waals surface area contributed by atoms with Crippen LogP contribution >= 0.6 is 11.3 Å². The molecule has 0 spiro atoms. The van der Waals surface area contributed by atoms with E-state index in [0.29, 0.717) is 35.6 Å². The summed E-state index contributed by atoms with van der Waals surface area (Å²) in [7, 11) is 0. The minimum atomic E-state index is -0.336. The summed E-state index contributed by atoms with van der Waals surface area (Å²) >= 11 is 1.69. The van der Waals surface area contributed by atoms with E-state index in [2.05, 4.69) is 33.9 Å². The fourth-order valence-electron chi connectivity index (χ4n) is 3.02. The second-order valence-corrected chi connectivity index (χ2v) is 8.25. The molecular formula is C25H26N4O3S. The highest BCUT2D eigenvalue weighted by atomic mass is 32.1. The van der Waals surface area contributed by atoms with Gasteiger partial charge >= 0.3 is 6.03 Å². The number of amides is 4. The number of anilines is 3. The van der Waals surface area contributed by atoms with E-state index in [1.807, 2.05) is 11.4 Å². The highest BCUT2D eigenvalue weighted by Gasteiger charge is 2.09. The number of benzene rings is 2. The van der Waals surface area contributed by atoms with Crippen LogP contribution in [0.25, 0.3) is 0 Å². The summed E-state index contributed by atoms with van der Waals surface area (Å²) in [5.74, 6) is -0.377. The Bertz CT molecular complexity index is 1100. The van der Waals surface area contributed by atoms with Crippen LogP contribution in [0.1, 0.15) is 28.1 Å². The number of hydrogen-bond acceptors (Lipinski definition) is 4. The Kier molecular flexibility index (Phi) is 8.79. The summed E-state index contributed by atoms with van der Waals surface area (Å²) < 4.78 is 0. The second kappa shape index (κ2) is 12.2. The molecule has 170 valence electrons. The van der Waals surface area contributed by atoms with Crippen LogP contribution < -0.4 is 21.3 Å². The molecule has 0 atom stereocenters. The van der Waals surface area contributed by atoms with Crippen molar-refractivity contribution >= 4 is 46.2 Å². The van der Waals surface area contributed by atoms with E-state index in [9.17, 15) is 14.4 Å². The molecule has 0 fully saturated rings. The Labute approximate surface area is 196 Å². The van der Waals surface area contributed by atoms with Gasteiger partial charge in [0.2, 0.25) is 5.91 Å². The van der Waals surface area contributed by atoms with Crippen molar-refractivity contribution in [1.82, 2.24) is 5.32 Å². The van der Waals surface area contributed by atoms with Crippen molar-refractivity contribution in [2.75, 3.05) is 22.5 Å². The average Bonchev–Trinajstić information content (AvgIpc) is 3.32. The molecule has 0 saturated carbocycles. The van der Waals surface area contributed by atoms with Crippen LogP contribution in [0.3, 0.4) is 0 Å². The van der Waals surface area contributed by atoms with Crippen molar-refractivity contribution in [2.45, 2.75) is 19.3 Å². The number of urea groups is 1. The van der Waals surface area contributed by atoms with Gasteiger partial charge in [-0.25, -0.2) is 4.79 Å². The van der Waals surface area contributed by atoms with E-state index >= 15 is 0 Å². The lowest BCUT2D eigenvalue weighted by atomic mass is 10.1. The Hall–Kier alpha value is -3.91. The lowest BCUT2D eigenvalue weighted by molar-refractivity contribution is -0.116. The number of thiophene rings is 1. The molecule has 0 saturated heterocycles. The van der Waals surface area contributed by atoms with E-state index in [4.69, 9.17) is 0 Å². The molecule has 3 aromatic rings. The van der Waals surface area contributed by atoms with E-state index in [-0.39, 0.29) is 17.8 Å². The zero-order valence-electron chi connectivity index (χ0n) is 18.1. The third-order valence-corrected chi connectivity index (χ3v) is 5.56. The molecule has 0 bridgehead atoms. The van der Waals surface area contributed by atoms with Crippen LogP contribution in [0, 0.1) is 0 Å². The van der Waals surface area contributed by atoms with Gasteiger partial charge in [-0.05, 0) is 66.8 Å². The topological polar surface area (TPSA) is 99.3 Å². The maximum atomic E-state index is 12.6. The van der Waals surface area contributed by atoms with Gasteiger partial charge in [-0.2, -0.15) is 0 Å². The molecule has 0 unspecified atom stereocenters. The molecule has 0 aliphatic rings. The Morgan fingerprint density at radius 1 is 0.879 bits per heavy atom. The largest absolute Gasteiger partial charge is 0.334 e. The fourth-order valence-corrected chi connectivity index (χ4v) is 3.77. The molecule has 8 heteroatoms. The molecule has 0 aliphatic heterocycles. The Morgan fingerprint density at radius 3 is 2.33 bits per heavy atom. The molecule has 2 aromatic carbocycles. The fraction of sp³-hybridized carbons (Fsp3) is 0.160. The van der Waals surface area contributed by atoms with Crippen LogP contribution in [0.15, 0.2) is 78.7 Å². The van der Waals surface area contributed by atoms with E-state index in [1.165, 1.54) is 4.88 Å². The Morgan fingerprint density at radius 2 is 1.64 bits per heavy atom. The predicted molar refractivity (Wildman–Crippen MR) is 134 cm³/mol. The standard InChI is InChI=1S/C25H26N4O3S/c1-2-15-26-25(32)29-20-13-11-19(12-14-20)28-24(31)18-6-3-7-21(17-18)27-23(30)10-4-8-22-9-5-16-33-22/h2-3,5-7,9,11-14,16-17H,1,4,8,10,15H2,(H,27,30)(H,28,31)(H2,26,29,32). The lowest BCUT2D eigenvalue weighted by Crippen LogP contribution is -2.28. The van der Waals surface area contributed by atoms with Gasteiger partial charge in [0.05, 0.1) is 0 Å². The summed E-state index contributed by atoms with van der Waals surface area (Å²) in [4.78, 5) is 37.8. The first-order chi connectivity index (χ1) is 16.0. The van der Waals surface area contributed by atoms with Crippen molar-refractivity contribution in [2.24, 2.45) is 0 Å². The zero-order chi connectivity index (χ0) is 23.5. The van der Waals surface area contributed by atoms with Crippen LogP contribution in [-0.4, -0.2) is 24.4 Å². The highest BCUT2D eigenvalue weighted by molar-refractivity contribution is 7.09. The molecule has 0 aliphatic carbocycles. The van der Waals surface area contributed by atoms with Gasteiger partial charge in [-0.1, -0.05) is 18.2 Å². The van der Waals surface area contributed by atoms with E-state index < -0.39 is 0 Å². The highest BCUT2D eigenvalue weighted by Crippen LogP contribution is 2.17. The minimum absolute atomic E-state index is 0.0793. The maximum Gasteiger partial charge on any atom is 0.319 e. The van der Waals surface area contributed by atoms with Crippen LogP contribution in [0.2, 0.25) is 0 Å². The molecule has 4 N–H and O–H groups in total. The molecule has 3 rings (SSSR count). The van der Waals surface area contributed by atoms with Crippen molar-refractivity contribution in [3.8, 4) is 0 Å². The summed E-state index contributed by atoms with van der Waals surface area (Å²) in [6.45, 7) is 3.91. The van der Waals surface area contributed by atoms with Crippen molar-refractivity contribution < 1.29 is 14.4 Å². The molecule has 4 amide bonds. The molecule has 0 radical (unpaired) electrons. The van der Waals surface area contributed by atoms with Crippen molar-refractivity contribution in [3.05, 3.63) is 89.1 Å². The van der Waals surface area contributed by atoms with Crippen molar-refractivity contribution in [1.29, 1.82) is 0 Å². The number of rotatable bonds is 10.